The number of esters is 1. The average molecular weight is 894 g/mol. The number of fused-ring (bicyclic) bond motifs is 1. The van der Waals surface area contributed by atoms with Crippen molar-refractivity contribution in [1.82, 2.24) is 25.4 Å². The minimum absolute atomic E-state index is 0.0752. The Morgan fingerprint density at radius 2 is 1.53 bits per heavy atom. The molecule has 0 radical (unpaired) electrons. The van der Waals surface area contributed by atoms with Gasteiger partial charge in [0.15, 0.2) is 6.61 Å². The van der Waals surface area contributed by atoms with Gasteiger partial charge in [-0.05, 0) is 96.9 Å². The molecule has 2 aliphatic rings. The zero-order valence-electron chi connectivity index (χ0n) is 36.6. The van der Waals surface area contributed by atoms with E-state index in [2.05, 4.69) is 32.7 Å². The lowest BCUT2D eigenvalue weighted by atomic mass is 9.86. The highest BCUT2D eigenvalue weighted by Gasteiger charge is 2.42. The Morgan fingerprint density at radius 3 is 2.29 bits per heavy atom. The monoisotopic (exact) mass is 893 g/mol. The van der Waals surface area contributed by atoms with Crippen molar-refractivity contribution in [2.75, 3.05) is 45.9 Å². The van der Waals surface area contributed by atoms with Crippen molar-refractivity contribution in [3.8, 4) is 11.5 Å². The summed E-state index contributed by atoms with van der Waals surface area (Å²) in [5, 5.41) is 39.9. The van der Waals surface area contributed by atoms with Crippen LogP contribution in [-0.4, -0.2) is 99.9 Å². The first-order valence-corrected chi connectivity index (χ1v) is 22.4. The first kappa shape index (κ1) is 45.7. The highest BCUT2D eigenvalue weighted by Crippen LogP contribution is 2.34. The van der Waals surface area contributed by atoms with Gasteiger partial charge in [0.1, 0.15) is 11.5 Å². The predicted molar refractivity (Wildman–Crippen MR) is 249 cm³/mol. The molecular weight excluding hydrogens is 839 g/mol. The molecule has 1 aromatic heterocycles. The highest BCUT2D eigenvalue weighted by atomic mass is 16.5. The van der Waals surface area contributed by atoms with Gasteiger partial charge in [0.2, 0.25) is 11.2 Å². The Bertz CT molecular complexity index is 2670. The maximum atomic E-state index is 13.9. The lowest BCUT2D eigenvalue weighted by molar-refractivity contribution is -0.164. The molecule has 2 saturated heterocycles. The number of carbonyl (C=O) groups excluding carboxylic acids is 3. The lowest BCUT2D eigenvalue weighted by Gasteiger charge is -2.33. The first-order valence-electron chi connectivity index (χ1n) is 22.4. The molecule has 6 N–H and O–H groups in total. The molecule has 8 rings (SSSR count). The summed E-state index contributed by atoms with van der Waals surface area (Å²) in [4.78, 5) is 58.8. The molecule has 2 amide bonds. The molecule has 6 aromatic rings. The number of aliphatic hydroxyl groups is 2. The second-order valence-electron chi connectivity index (χ2n) is 17.1. The van der Waals surface area contributed by atoms with Crippen LogP contribution in [0.15, 0.2) is 138 Å². The molecule has 14 nitrogen and oxygen atoms in total. The molecule has 5 aromatic carbocycles. The van der Waals surface area contributed by atoms with Gasteiger partial charge in [-0.15, -0.1) is 0 Å². The molecule has 0 saturated carbocycles. The van der Waals surface area contributed by atoms with E-state index in [1.165, 1.54) is 17.7 Å². The van der Waals surface area contributed by atoms with E-state index in [9.17, 15) is 34.5 Å². The fraction of sp³-hybridized carbons (Fsp3) is 0.308. The van der Waals surface area contributed by atoms with Crippen molar-refractivity contribution in [1.29, 1.82) is 0 Å². The number of benzene rings is 5. The molecule has 342 valence electrons. The molecule has 2 aliphatic heterocycles. The molecule has 14 heteroatoms. The standard InChI is InChI=1S/C52H55N5O9/c58-45-20-18-43(44-19-21-47(60)55-49(44)45)46(59)30-53-29-35-14-16-38(17-15-35)50(62)57-27-24-41(32-57)54-48(61)34-65-42-13-7-12-40(28-42)52(64,39-10-5-2-6-11-39)51(63)66-33-37-22-25-56(26-23-37)31-36-8-3-1-4-9-36/h1-21,28,37,41,46,53,58-59,64H,22-27,29-34H2,(H,54,61)(H,55,60)/t41-,46-,52-/m0/s1. The lowest BCUT2D eigenvalue weighted by Crippen LogP contribution is -2.41. The Morgan fingerprint density at radius 1 is 0.803 bits per heavy atom. The number of carbonyl (C=O) groups is 3. The van der Waals surface area contributed by atoms with E-state index in [4.69, 9.17) is 9.47 Å². The summed E-state index contributed by atoms with van der Waals surface area (Å²) in [6.45, 7) is 3.99. The summed E-state index contributed by atoms with van der Waals surface area (Å²) >= 11 is 0. The Labute approximate surface area is 382 Å². The van der Waals surface area contributed by atoms with Crippen molar-refractivity contribution in [3.63, 3.8) is 0 Å². The fourth-order valence-corrected chi connectivity index (χ4v) is 8.78. The number of likely N-dealkylation sites (tertiary alicyclic amines) is 2. The molecule has 0 spiro atoms. The number of amides is 2. The van der Waals surface area contributed by atoms with Crippen molar-refractivity contribution in [2.45, 2.75) is 50.1 Å². The van der Waals surface area contributed by atoms with E-state index in [0.717, 1.165) is 38.0 Å². The van der Waals surface area contributed by atoms with Crippen LogP contribution in [0.2, 0.25) is 0 Å². The zero-order valence-corrected chi connectivity index (χ0v) is 36.6. The molecule has 0 unspecified atom stereocenters. The summed E-state index contributed by atoms with van der Waals surface area (Å²) in [5.41, 5.74) is 1.66. The summed E-state index contributed by atoms with van der Waals surface area (Å²) < 4.78 is 11.7. The Kier molecular flexibility index (Phi) is 14.5. The summed E-state index contributed by atoms with van der Waals surface area (Å²) in [6, 6.07) is 38.4. The van der Waals surface area contributed by atoms with Gasteiger partial charge in [0, 0.05) is 61.3 Å². The van der Waals surface area contributed by atoms with Crippen molar-refractivity contribution < 1.29 is 39.2 Å². The number of hydrogen-bond acceptors (Lipinski definition) is 11. The number of aromatic amines is 1. The number of pyridine rings is 1. The smallest absolute Gasteiger partial charge is 0.347 e. The minimum atomic E-state index is -2.12. The number of H-pyrrole nitrogens is 1. The van der Waals surface area contributed by atoms with Gasteiger partial charge in [-0.3, -0.25) is 19.3 Å². The second kappa shape index (κ2) is 21.0. The van der Waals surface area contributed by atoms with Crippen molar-refractivity contribution >= 4 is 28.7 Å². The first-order chi connectivity index (χ1) is 32.0. The van der Waals surface area contributed by atoms with E-state index < -0.39 is 17.7 Å². The molecule has 0 bridgehead atoms. The number of nitrogens with zero attached hydrogens (tertiary/aromatic N) is 2. The van der Waals surface area contributed by atoms with E-state index in [0.29, 0.717) is 53.9 Å². The number of aromatic hydroxyl groups is 1. The molecule has 2 fully saturated rings. The number of aliphatic hydroxyl groups excluding tert-OH is 1. The van der Waals surface area contributed by atoms with Gasteiger partial charge in [0.05, 0.1) is 18.2 Å². The molecule has 3 heterocycles. The van der Waals surface area contributed by atoms with Crippen LogP contribution >= 0.6 is 0 Å². The van der Waals surface area contributed by atoms with Crippen LogP contribution < -0.4 is 20.9 Å². The van der Waals surface area contributed by atoms with Crippen molar-refractivity contribution in [2.24, 2.45) is 5.92 Å². The van der Waals surface area contributed by atoms with Crippen LogP contribution in [0.25, 0.3) is 10.9 Å². The van der Waals surface area contributed by atoms with E-state index in [-0.39, 0.29) is 65.9 Å². The van der Waals surface area contributed by atoms with Crippen LogP contribution in [0.1, 0.15) is 63.5 Å². The van der Waals surface area contributed by atoms with Crippen LogP contribution in [0.3, 0.4) is 0 Å². The van der Waals surface area contributed by atoms with Crippen molar-refractivity contribution in [3.05, 3.63) is 177 Å². The number of aromatic nitrogens is 1. The third-order valence-electron chi connectivity index (χ3n) is 12.5. The SMILES string of the molecule is O=C(COc1cccc([C@](O)(C(=O)OCC2CCN(Cc3ccccc3)CC2)c2ccccc2)c1)N[C@H]1CCN(C(=O)c2ccc(CNC[C@H](O)c3ccc(O)c4[nH]c(=O)ccc34)cc2)C1. The van der Waals surface area contributed by atoms with Gasteiger partial charge in [-0.2, -0.15) is 0 Å². The number of piperidine rings is 1. The third kappa shape index (κ3) is 11.0. The predicted octanol–water partition coefficient (Wildman–Crippen LogP) is 5.16. The Balaban J connectivity index is 0.793. The summed E-state index contributed by atoms with van der Waals surface area (Å²) in [5.74, 6) is -0.917. The maximum absolute atomic E-state index is 13.9. The number of rotatable bonds is 17. The number of hydrogen-bond donors (Lipinski definition) is 6. The highest BCUT2D eigenvalue weighted by molar-refractivity contribution is 5.94. The van der Waals surface area contributed by atoms with Gasteiger partial charge >= 0.3 is 5.97 Å². The summed E-state index contributed by atoms with van der Waals surface area (Å²) in [7, 11) is 0. The van der Waals surface area contributed by atoms with Crippen LogP contribution in [0.4, 0.5) is 0 Å². The van der Waals surface area contributed by atoms with Gasteiger partial charge in [-0.1, -0.05) is 91.0 Å². The fourth-order valence-electron chi connectivity index (χ4n) is 8.78. The van der Waals surface area contributed by atoms with E-state index in [1.807, 2.05) is 30.3 Å². The normalized spacial score (nSPS) is 16.9. The number of nitrogens with one attached hydrogen (secondary N) is 3. The summed E-state index contributed by atoms with van der Waals surface area (Å²) in [6.07, 6.45) is 1.42. The molecule has 66 heavy (non-hydrogen) atoms. The van der Waals surface area contributed by atoms with Crippen LogP contribution in [0.5, 0.6) is 11.5 Å². The third-order valence-corrected chi connectivity index (χ3v) is 12.5. The number of phenols is 1. The second-order valence-corrected chi connectivity index (χ2v) is 17.1. The van der Waals surface area contributed by atoms with Gasteiger partial charge < -0.3 is 45.3 Å². The van der Waals surface area contributed by atoms with Crippen LogP contribution in [-0.2, 0) is 33.0 Å². The number of ether oxygens (including phenoxy) is 2. The average Bonchev–Trinajstić information content (AvgIpc) is 3.82. The Hall–Kier alpha value is -6.84. The van der Waals surface area contributed by atoms with E-state index in [1.54, 1.807) is 83.8 Å². The topological polar surface area (TPSA) is 194 Å². The van der Waals surface area contributed by atoms with Crippen LogP contribution in [0, 0.1) is 5.92 Å². The maximum Gasteiger partial charge on any atom is 0.347 e. The molecular formula is C52H55N5O9. The quantitative estimate of drug-likeness (QED) is 0.0663. The molecule has 3 atom stereocenters. The minimum Gasteiger partial charge on any atom is -0.506 e. The van der Waals surface area contributed by atoms with Gasteiger partial charge in [0.25, 0.3) is 11.8 Å². The zero-order chi connectivity index (χ0) is 46.0. The van der Waals surface area contributed by atoms with E-state index >= 15 is 0 Å². The largest absolute Gasteiger partial charge is 0.506 e. The number of phenolic OH excluding ortho intramolecular Hbond substituents is 1. The van der Waals surface area contributed by atoms with Gasteiger partial charge in [-0.25, -0.2) is 4.79 Å². The molecule has 0 aliphatic carbocycles.